The third-order valence-electron chi connectivity index (χ3n) is 4.54. The number of aryl methyl sites for hydroxylation is 1. The number of halogens is 1. The van der Waals surface area contributed by atoms with E-state index in [4.69, 9.17) is 9.47 Å². The highest BCUT2D eigenvalue weighted by Crippen LogP contribution is 2.25. The van der Waals surface area contributed by atoms with Gasteiger partial charge in [0, 0.05) is 31.1 Å². The molecule has 0 unspecified atom stereocenters. The van der Waals surface area contributed by atoms with Gasteiger partial charge in [-0.25, -0.2) is 19.3 Å². The van der Waals surface area contributed by atoms with Crippen molar-refractivity contribution in [2.45, 2.75) is 13.5 Å². The van der Waals surface area contributed by atoms with Gasteiger partial charge in [-0.05, 0) is 36.2 Å². The molecule has 3 heterocycles. The minimum atomic E-state index is -0.277. The summed E-state index contributed by atoms with van der Waals surface area (Å²) < 4.78 is 25.6. The topological polar surface area (TPSA) is 87.8 Å². The fourth-order valence-corrected chi connectivity index (χ4v) is 3.11. The van der Waals surface area contributed by atoms with Crippen LogP contribution in [-0.4, -0.2) is 43.9 Å². The van der Waals surface area contributed by atoms with Crippen molar-refractivity contribution in [1.29, 1.82) is 0 Å². The van der Waals surface area contributed by atoms with Crippen LogP contribution < -0.4 is 4.74 Å². The number of nitrogens with zero attached hydrogens (tertiary/aromatic N) is 6. The van der Waals surface area contributed by atoms with Crippen molar-refractivity contribution >= 4 is 0 Å². The van der Waals surface area contributed by atoms with E-state index < -0.39 is 0 Å². The van der Waals surface area contributed by atoms with Crippen molar-refractivity contribution < 1.29 is 13.9 Å². The average Bonchev–Trinajstić information content (AvgIpc) is 3.18. The Kier molecular flexibility index (Phi) is 5.44. The first-order valence-corrected chi connectivity index (χ1v) is 9.13. The van der Waals surface area contributed by atoms with Gasteiger partial charge in [-0.2, -0.15) is 0 Å². The lowest BCUT2D eigenvalue weighted by Crippen LogP contribution is -2.06. The first kappa shape index (κ1) is 19.6. The SMILES string of the molecule is COCc1nnc(-c2ncc(-c3ccc(F)cc3C)cn2)n1-c1ccc(OC)nc1. The second kappa shape index (κ2) is 8.34. The summed E-state index contributed by atoms with van der Waals surface area (Å²) in [5.74, 6) is 1.65. The zero-order valence-electron chi connectivity index (χ0n) is 16.7. The minimum absolute atomic E-state index is 0.256. The van der Waals surface area contributed by atoms with Crippen LogP contribution in [0, 0.1) is 12.7 Å². The van der Waals surface area contributed by atoms with E-state index in [0.29, 0.717) is 23.4 Å². The van der Waals surface area contributed by atoms with Crippen LogP contribution in [0.25, 0.3) is 28.5 Å². The number of hydrogen-bond acceptors (Lipinski definition) is 7. The van der Waals surface area contributed by atoms with Crippen LogP contribution in [0.5, 0.6) is 5.88 Å². The van der Waals surface area contributed by atoms with Crippen molar-refractivity contribution in [3.8, 4) is 34.3 Å². The Hall–Kier alpha value is -3.72. The molecule has 3 aromatic heterocycles. The number of ether oxygens (including phenoxy) is 2. The van der Waals surface area contributed by atoms with Gasteiger partial charge < -0.3 is 9.47 Å². The van der Waals surface area contributed by atoms with Crippen LogP contribution in [0.3, 0.4) is 0 Å². The molecule has 30 heavy (non-hydrogen) atoms. The third kappa shape index (κ3) is 3.74. The van der Waals surface area contributed by atoms with Gasteiger partial charge in [0.25, 0.3) is 0 Å². The summed E-state index contributed by atoms with van der Waals surface area (Å²) >= 11 is 0. The fraction of sp³-hybridized carbons (Fsp3) is 0.190. The summed E-state index contributed by atoms with van der Waals surface area (Å²) in [7, 11) is 3.14. The summed E-state index contributed by atoms with van der Waals surface area (Å²) in [5.41, 5.74) is 3.18. The van der Waals surface area contributed by atoms with Crippen molar-refractivity contribution in [3.05, 3.63) is 66.1 Å². The van der Waals surface area contributed by atoms with E-state index >= 15 is 0 Å². The highest BCUT2D eigenvalue weighted by molar-refractivity contribution is 5.66. The van der Waals surface area contributed by atoms with Crippen molar-refractivity contribution in [2.75, 3.05) is 14.2 Å². The Bertz CT molecular complexity index is 1160. The van der Waals surface area contributed by atoms with E-state index in [0.717, 1.165) is 22.4 Å². The van der Waals surface area contributed by atoms with Gasteiger partial charge >= 0.3 is 0 Å². The maximum atomic E-state index is 13.4. The lowest BCUT2D eigenvalue weighted by Gasteiger charge is -2.10. The number of hydrogen-bond donors (Lipinski definition) is 0. The van der Waals surface area contributed by atoms with Gasteiger partial charge in [0.2, 0.25) is 11.7 Å². The molecule has 4 rings (SSSR count). The molecule has 152 valence electrons. The molecule has 0 N–H and O–H groups in total. The minimum Gasteiger partial charge on any atom is -0.481 e. The molecule has 8 nitrogen and oxygen atoms in total. The Labute approximate surface area is 172 Å². The van der Waals surface area contributed by atoms with E-state index in [1.54, 1.807) is 49.5 Å². The number of aromatic nitrogens is 6. The van der Waals surface area contributed by atoms with E-state index in [9.17, 15) is 4.39 Å². The molecule has 0 fully saturated rings. The maximum Gasteiger partial charge on any atom is 0.213 e. The zero-order chi connectivity index (χ0) is 21.1. The molecule has 1 aromatic carbocycles. The number of pyridine rings is 1. The number of rotatable bonds is 6. The first-order valence-electron chi connectivity index (χ1n) is 9.13. The average molecular weight is 406 g/mol. The van der Waals surface area contributed by atoms with E-state index in [-0.39, 0.29) is 12.4 Å². The lowest BCUT2D eigenvalue weighted by molar-refractivity contribution is 0.176. The molecule has 0 aliphatic heterocycles. The lowest BCUT2D eigenvalue weighted by atomic mass is 10.0. The van der Waals surface area contributed by atoms with Gasteiger partial charge in [0.05, 0.1) is 19.0 Å². The monoisotopic (exact) mass is 406 g/mol. The van der Waals surface area contributed by atoms with Crippen LogP contribution >= 0.6 is 0 Å². The molecule has 4 aromatic rings. The standard InChI is InChI=1S/C21H19FN6O2/c1-13-8-15(22)4-6-17(13)14-9-24-20(25-10-14)21-27-26-18(12-29-2)28(21)16-5-7-19(30-3)23-11-16/h4-11H,12H2,1-3H3. The molecule has 0 radical (unpaired) electrons. The predicted molar refractivity (Wildman–Crippen MR) is 108 cm³/mol. The third-order valence-corrected chi connectivity index (χ3v) is 4.54. The smallest absolute Gasteiger partial charge is 0.213 e. The van der Waals surface area contributed by atoms with Crippen molar-refractivity contribution in [2.24, 2.45) is 0 Å². The second-order valence-corrected chi connectivity index (χ2v) is 6.52. The summed E-state index contributed by atoms with van der Waals surface area (Å²) in [6.45, 7) is 2.10. The molecular weight excluding hydrogens is 387 g/mol. The van der Waals surface area contributed by atoms with Crippen LogP contribution in [0.1, 0.15) is 11.4 Å². The van der Waals surface area contributed by atoms with Gasteiger partial charge in [-0.15, -0.1) is 10.2 Å². The van der Waals surface area contributed by atoms with Gasteiger partial charge in [-0.1, -0.05) is 6.07 Å². The molecule has 0 saturated carbocycles. The molecule has 0 bridgehead atoms. The molecule has 0 aliphatic carbocycles. The summed E-state index contributed by atoms with van der Waals surface area (Å²) in [6.07, 6.45) is 5.02. The fourth-order valence-electron chi connectivity index (χ4n) is 3.11. The first-order chi connectivity index (χ1) is 14.6. The molecule has 0 aliphatic rings. The van der Waals surface area contributed by atoms with Crippen molar-refractivity contribution in [3.63, 3.8) is 0 Å². The van der Waals surface area contributed by atoms with Crippen LogP contribution in [-0.2, 0) is 11.3 Å². The van der Waals surface area contributed by atoms with Crippen LogP contribution in [0.15, 0.2) is 48.9 Å². The quantitative estimate of drug-likeness (QED) is 0.485. The Morgan fingerprint density at radius 1 is 0.967 bits per heavy atom. The summed E-state index contributed by atoms with van der Waals surface area (Å²) in [5, 5.41) is 8.47. The molecule has 0 amide bonds. The largest absolute Gasteiger partial charge is 0.481 e. The molecule has 0 spiro atoms. The molecule has 0 atom stereocenters. The van der Waals surface area contributed by atoms with Crippen molar-refractivity contribution in [1.82, 2.24) is 29.7 Å². The maximum absolute atomic E-state index is 13.4. The normalized spacial score (nSPS) is 10.9. The van der Waals surface area contributed by atoms with Gasteiger partial charge in [0.1, 0.15) is 12.4 Å². The molecule has 0 saturated heterocycles. The summed E-state index contributed by atoms with van der Waals surface area (Å²) in [6, 6.07) is 8.20. The Morgan fingerprint density at radius 2 is 1.77 bits per heavy atom. The Morgan fingerprint density at radius 3 is 2.40 bits per heavy atom. The van der Waals surface area contributed by atoms with Crippen LogP contribution in [0.2, 0.25) is 0 Å². The zero-order valence-corrected chi connectivity index (χ0v) is 16.7. The Balaban J connectivity index is 1.74. The molecule has 9 heteroatoms. The number of methoxy groups -OCH3 is 2. The van der Waals surface area contributed by atoms with Crippen LogP contribution in [0.4, 0.5) is 4.39 Å². The molecular formula is C21H19FN6O2. The van der Waals surface area contributed by atoms with E-state index in [2.05, 4.69) is 25.1 Å². The second-order valence-electron chi connectivity index (χ2n) is 6.52. The highest BCUT2D eigenvalue weighted by Gasteiger charge is 2.18. The van der Waals surface area contributed by atoms with E-state index in [1.807, 2.05) is 13.0 Å². The van der Waals surface area contributed by atoms with E-state index in [1.165, 1.54) is 12.1 Å². The summed E-state index contributed by atoms with van der Waals surface area (Å²) in [4.78, 5) is 13.2. The predicted octanol–water partition coefficient (Wildman–Crippen LogP) is 3.39. The van der Waals surface area contributed by atoms with Gasteiger partial charge in [0.15, 0.2) is 11.6 Å². The van der Waals surface area contributed by atoms with Gasteiger partial charge in [-0.3, -0.25) is 4.57 Å². The highest BCUT2D eigenvalue weighted by atomic mass is 19.1. The number of benzene rings is 1.